The summed E-state index contributed by atoms with van der Waals surface area (Å²) in [7, 11) is 1.68. The Morgan fingerprint density at radius 1 is 1.03 bits per heavy atom. The number of hydrogen-bond donors (Lipinski definition) is 1. The molecule has 1 N–H and O–H groups in total. The minimum absolute atomic E-state index is 0.0953. The average Bonchev–Trinajstić information content (AvgIpc) is 2.88. The van der Waals surface area contributed by atoms with Crippen molar-refractivity contribution >= 4 is 5.91 Å². The molecule has 0 unspecified atom stereocenters. The second-order valence-electron chi connectivity index (χ2n) is 9.51. The molecule has 6 nitrogen and oxygen atoms in total. The number of fused-ring (bicyclic) bond motifs is 1. The lowest BCUT2D eigenvalue weighted by molar-refractivity contribution is -0.135. The molecule has 3 aromatic rings. The molecule has 3 atom stereocenters. The predicted octanol–water partition coefficient (Wildman–Crippen LogP) is 3.75. The van der Waals surface area contributed by atoms with Crippen LogP contribution in [0.5, 0.6) is 5.75 Å². The zero-order valence-electron chi connectivity index (χ0n) is 20.2. The summed E-state index contributed by atoms with van der Waals surface area (Å²) in [5.41, 5.74) is 4.47. The van der Waals surface area contributed by atoms with Crippen molar-refractivity contribution in [3.63, 3.8) is 0 Å². The van der Waals surface area contributed by atoms with E-state index in [0.717, 1.165) is 48.4 Å². The number of carbonyl (C=O) groups is 1. The molecule has 2 aliphatic heterocycles. The molecule has 0 saturated carbocycles. The van der Waals surface area contributed by atoms with E-state index in [4.69, 9.17) is 4.74 Å². The number of benzene rings is 2. The van der Waals surface area contributed by atoms with Gasteiger partial charge in [-0.3, -0.25) is 14.7 Å². The number of aliphatic hydroxyl groups is 1. The van der Waals surface area contributed by atoms with Crippen molar-refractivity contribution in [2.24, 2.45) is 0 Å². The Balaban J connectivity index is 1.35. The highest BCUT2D eigenvalue weighted by Gasteiger charge is 2.49. The molecule has 5 rings (SSSR count). The molecule has 6 heteroatoms. The molecule has 0 bridgehead atoms. The fourth-order valence-electron chi connectivity index (χ4n) is 5.65. The highest BCUT2D eigenvalue weighted by atomic mass is 16.5. The maximum absolute atomic E-state index is 13.2. The number of aromatic nitrogens is 1. The SMILES string of the molecule is COc1cccc(-c2ccc([C@@H]3[C@H](CO)N4CCCCN(C(=O)Cc5ccncc5)C[C@@H]34)cc2)c1. The molecule has 0 radical (unpaired) electrons. The zero-order valence-corrected chi connectivity index (χ0v) is 20.2. The van der Waals surface area contributed by atoms with E-state index in [1.807, 2.05) is 35.2 Å². The molecular weight excluding hydrogens is 438 g/mol. The van der Waals surface area contributed by atoms with Crippen molar-refractivity contribution in [1.29, 1.82) is 0 Å². The van der Waals surface area contributed by atoms with E-state index < -0.39 is 0 Å². The molecule has 1 aromatic heterocycles. The molecule has 2 fully saturated rings. The summed E-state index contributed by atoms with van der Waals surface area (Å²) in [6.07, 6.45) is 5.90. The maximum Gasteiger partial charge on any atom is 0.227 e. The van der Waals surface area contributed by atoms with Crippen LogP contribution in [0.1, 0.15) is 29.9 Å². The Hall–Kier alpha value is -3.22. The summed E-state index contributed by atoms with van der Waals surface area (Å²) in [6, 6.07) is 20.9. The summed E-state index contributed by atoms with van der Waals surface area (Å²) in [5.74, 6) is 1.21. The minimum Gasteiger partial charge on any atom is -0.497 e. The topological polar surface area (TPSA) is 65.9 Å². The van der Waals surface area contributed by atoms with Crippen LogP contribution < -0.4 is 4.74 Å². The van der Waals surface area contributed by atoms with Crippen LogP contribution in [-0.2, 0) is 11.2 Å². The summed E-state index contributed by atoms with van der Waals surface area (Å²) in [5, 5.41) is 10.2. The summed E-state index contributed by atoms with van der Waals surface area (Å²) in [4.78, 5) is 21.7. The Bertz CT molecular complexity index is 1140. The van der Waals surface area contributed by atoms with Crippen LogP contribution in [0.15, 0.2) is 73.1 Å². The van der Waals surface area contributed by atoms with Crippen LogP contribution in [0.3, 0.4) is 0 Å². The van der Waals surface area contributed by atoms with Gasteiger partial charge in [-0.25, -0.2) is 0 Å². The van der Waals surface area contributed by atoms with Crippen LogP contribution in [0, 0.1) is 0 Å². The molecule has 0 aliphatic carbocycles. The van der Waals surface area contributed by atoms with Gasteiger partial charge in [-0.1, -0.05) is 36.4 Å². The Morgan fingerprint density at radius 3 is 2.54 bits per heavy atom. The number of hydrogen-bond acceptors (Lipinski definition) is 5. The maximum atomic E-state index is 13.2. The second-order valence-corrected chi connectivity index (χ2v) is 9.51. The van der Waals surface area contributed by atoms with Crippen LogP contribution in [0.25, 0.3) is 11.1 Å². The highest BCUT2D eigenvalue weighted by Crippen LogP contribution is 2.42. The van der Waals surface area contributed by atoms with Gasteiger partial charge in [-0.2, -0.15) is 0 Å². The zero-order chi connectivity index (χ0) is 24.2. The predicted molar refractivity (Wildman–Crippen MR) is 136 cm³/mol. The lowest BCUT2D eigenvalue weighted by Gasteiger charge is -2.57. The van der Waals surface area contributed by atoms with Gasteiger partial charge in [-0.15, -0.1) is 0 Å². The number of carbonyl (C=O) groups excluding carboxylic acids is 1. The molecule has 2 saturated heterocycles. The third-order valence-corrected chi connectivity index (χ3v) is 7.53. The van der Waals surface area contributed by atoms with Gasteiger partial charge in [0.05, 0.1) is 20.1 Å². The van der Waals surface area contributed by atoms with E-state index in [0.29, 0.717) is 13.0 Å². The van der Waals surface area contributed by atoms with Gasteiger partial charge in [0.2, 0.25) is 5.91 Å². The van der Waals surface area contributed by atoms with Crippen LogP contribution in [-0.4, -0.2) is 71.2 Å². The number of ether oxygens (including phenoxy) is 1. The minimum atomic E-state index is 0.0953. The van der Waals surface area contributed by atoms with Gasteiger partial charge in [0.25, 0.3) is 0 Å². The van der Waals surface area contributed by atoms with E-state index in [1.165, 1.54) is 5.56 Å². The second kappa shape index (κ2) is 10.6. The van der Waals surface area contributed by atoms with Crippen LogP contribution in [0.4, 0.5) is 0 Å². The van der Waals surface area contributed by atoms with Crippen molar-refractivity contribution in [3.8, 4) is 16.9 Å². The normalized spacial score (nSPS) is 22.5. The van der Waals surface area contributed by atoms with Crippen molar-refractivity contribution in [2.45, 2.75) is 37.3 Å². The van der Waals surface area contributed by atoms with Gasteiger partial charge >= 0.3 is 0 Å². The molecule has 3 heterocycles. The summed E-state index contributed by atoms with van der Waals surface area (Å²) < 4.78 is 5.37. The molecular formula is C29H33N3O3. The number of pyridine rings is 1. The average molecular weight is 472 g/mol. The quantitative estimate of drug-likeness (QED) is 0.593. The third kappa shape index (κ3) is 4.95. The first-order valence-corrected chi connectivity index (χ1v) is 12.5. The van der Waals surface area contributed by atoms with E-state index in [2.05, 4.69) is 40.2 Å². The molecule has 1 amide bonds. The lowest BCUT2D eigenvalue weighted by atomic mass is 9.74. The van der Waals surface area contributed by atoms with Crippen molar-refractivity contribution in [2.75, 3.05) is 33.4 Å². The number of methoxy groups -OCH3 is 1. The third-order valence-electron chi connectivity index (χ3n) is 7.53. The van der Waals surface area contributed by atoms with Gasteiger partial charge in [0.15, 0.2) is 0 Å². The van der Waals surface area contributed by atoms with Crippen molar-refractivity contribution in [1.82, 2.24) is 14.8 Å². The standard InChI is InChI=1S/C29H33N3O3/c1-35-25-6-4-5-24(18-25)22-7-9-23(10-8-22)29-26-19-31(15-2-3-16-32(26)27(29)20-33)28(34)17-21-11-13-30-14-12-21/h4-14,18,26-27,29,33H,2-3,15-17,19-20H2,1H3/t26-,27-,29-/m0/s1. The lowest BCUT2D eigenvalue weighted by Crippen LogP contribution is -2.68. The molecule has 2 aromatic carbocycles. The van der Waals surface area contributed by atoms with Gasteiger partial charge < -0.3 is 14.7 Å². The fourth-order valence-corrected chi connectivity index (χ4v) is 5.65. The first-order valence-electron chi connectivity index (χ1n) is 12.5. The van der Waals surface area contributed by atoms with Gasteiger partial charge in [0.1, 0.15) is 5.75 Å². The number of aliphatic hydroxyl groups excluding tert-OH is 1. The largest absolute Gasteiger partial charge is 0.497 e. The molecule has 0 spiro atoms. The first kappa shape index (κ1) is 23.5. The van der Waals surface area contributed by atoms with Crippen LogP contribution in [0.2, 0.25) is 0 Å². The van der Waals surface area contributed by atoms with Gasteiger partial charge in [-0.05, 0) is 65.9 Å². The van der Waals surface area contributed by atoms with E-state index in [9.17, 15) is 9.90 Å². The van der Waals surface area contributed by atoms with E-state index in [-0.39, 0.29) is 30.5 Å². The highest BCUT2D eigenvalue weighted by molar-refractivity contribution is 5.78. The molecule has 182 valence electrons. The monoisotopic (exact) mass is 471 g/mol. The van der Waals surface area contributed by atoms with Crippen LogP contribution >= 0.6 is 0 Å². The Morgan fingerprint density at radius 2 is 1.80 bits per heavy atom. The number of rotatable bonds is 6. The van der Waals surface area contributed by atoms with Gasteiger partial charge in [0, 0.05) is 43.5 Å². The summed E-state index contributed by atoms with van der Waals surface area (Å²) >= 11 is 0. The Kier molecular flexibility index (Phi) is 7.11. The fraction of sp³-hybridized carbons (Fsp3) is 0.379. The van der Waals surface area contributed by atoms with E-state index in [1.54, 1.807) is 19.5 Å². The van der Waals surface area contributed by atoms with Crippen molar-refractivity contribution in [3.05, 3.63) is 84.2 Å². The molecule has 2 aliphatic rings. The number of nitrogens with zero attached hydrogens (tertiary/aromatic N) is 3. The molecule has 35 heavy (non-hydrogen) atoms. The smallest absolute Gasteiger partial charge is 0.227 e. The number of amides is 1. The van der Waals surface area contributed by atoms with E-state index >= 15 is 0 Å². The Labute approximate surface area is 207 Å². The van der Waals surface area contributed by atoms with Crippen molar-refractivity contribution < 1.29 is 14.6 Å². The summed E-state index contributed by atoms with van der Waals surface area (Å²) in [6.45, 7) is 2.59. The first-order chi connectivity index (χ1) is 17.2.